The largest absolute Gasteiger partial charge is 0.497 e. The standard InChI is InChI=1S/C24H20N4O4/c1-31-17-10-8-16(9-11-17)19-13-21(23-7-4-12-32-23)28(26-19)24(30)15-27-20-6-3-2-5-18(20)22(29)14-25-27/h2-12,14,21H,13,15H2,1H3. The van der Waals surface area contributed by atoms with Crippen molar-refractivity contribution in [1.29, 1.82) is 0 Å². The zero-order valence-corrected chi connectivity index (χ0v) is 17.3. The number of aromatic nitrogens is 2. The topological polar surface area (TPSA) is 89.9 Å². The number of para-hydroxylation sites is 1. The van der Waals surface area contributed by atoms with Crippen molar-refractivity contribution in [2.45, 2.75) is 19.0 Å². The number of carbonyl (C=O) groups excluding carboxylic acids is 1. The van der Waals surface area contributed by atoms with Crippen LogP contribution in [0, 0.1) is 0 Å². The Balaban J connectivity index is 1.48. The Hall–Kier alpha value is -4.20. The third-order valence-electron chi connectivity index (χ3n) is 5.51. The van der Waals surface area contributed by atoms with Crippen molar-refractivity contribution in [3.63, 3.8) is 0 Å². The molecule has 0 saturated carbocycles. The van der Waals surface area contributed by atoms with Crippen LogP contribution >= 0.6 is 0 Å². The number of furan rings is 1. The first-order valence-corrected chi connectivity index (χ1v) is 10.2. The Morgan fingerprint density at radius 2 is 1.94 bits per heavy atom. The van der Waals surface area contributed by atoms with Crippen molar-refractivity contribution in [3.05, 3.63) is 94.7 Å². The molecule has 2 aromatic carbocycles. The van der Waals surface area contributed by atoms with Gasteiger partial charge in [0.05, 0.1) is 30.8 Å². The summed E-state index contributed by atoms with van der Waals surface area (Å²) < 4.78 is 12.4. The van der Waals surface area contributed by atoms with E-state index in [2.05, 4.69) is 10.2 Å². The summed E-state index contributed by atoms with van der Waals surface area (Å²) in [6.45, 7) is -0.0581. The van der Waals surface area contributed by atoms with E-state index in [-0.39, 0.29) is 23.9 Å². The third-order valence-corrected chi connectivity index (χ3v) is 5.51. The van der Waals surface area contributed by atoms with Gasteiger partial charge in [-0.15, -0.1) is 0 Å². The monoisotopic (exact) mass is 428 g/mol. The number of benzene rings is 2. The first kappa shape index (κ1) is 19.7. The Bertz CT molecular complexity index is 1360. The van der Waals surface area contributed by atoms with E-state index >= 15 is 0 Å². The molecule has 3 heterocycles. The van der Waals surface area contributed by atoms with Gasteiger partial charge in [0.1, 0.15) is 24.1 Å². The van der Waals surface area contributed by atoms with Crippen molar-refractivity contribution >= 4 is 22.5 Å². The molecule has 160 valence electrons. The molecular formula is C24H20N4O4. The molecule has 1 aliphatic rings. The van der Waals surface area contributed by atoms with E-state index in [9.17, 15) is 9.59 Å². The highest BCUT2D eigenvalue weighted by molar-refractivity contribution is 6.03. The number of hydrogen-bond acceptors (Lipinski definition) is 6. The Kier molecular flexibility index (Phi) is 5.03. The minimum absolute atomic E-state index is 0.0581. The van der Waals surface area contributed by atoms with Gasteiger partial charge in [-0.2, -0.15) is 10.2 Å². The molecule has 0 fully saturated rings. The lowest BCUT2D eigenvalue weighted by Gasteiger charge is -2.20. The molecule has 0 spiro atoms. The van der Waals surface area contributed by atoms with Crippen LogP contribution in [0.1, 0.15) is 23.8 Å². The van der Waals surface area contributed by atoms with E-state index in [1.807, 2.05) is 36.4 Å². The SMILES string of the molecule is COc1ccc(C2=NN(C(=O)Cn3ncc(=O)c4ccccc43)C(c3ccco3)C2)cc1. The summed E-state index contributed by atoms with van der Waals surface area (Å²) in [5, 5.41) is 10.8. The van der Waals surface area contributed by atoms with Gasteiger partial charge in [-0.3, -0.25) is 14.3 Å². The highest BCUT2D eigenvalue weighted by atomic mass is 16.5. The number of hydrazone groups is 1. The van der Waals surface area contributed by atoms with Crippen molar-refractivity contribution < 1.29 is 13.9 Å². The average molecular weight is 428 g/mol. The van der Waals surface area contributed by atoms with Gasteiger partial charge in [-0.1, -0.05) is 12.1 Å². The summed E-state index contributed by atoms with van der Waals surface area (Å²) in [5.74, 6) is 1.15. The smallest absolute Gasteiger partial charge is 0.265 e. The molecule has 2 aromatic heterocycles. The molecule has 32 heavy (non-hydrogen) atoms. The zero-order chi connectivity index (χ0) is 22.1. The molecular weight excluding hydrogens is 408 g/mol. The number of rotatable bonds is 5. The summed E-state index contributed by atoms with van der Waals surface area (Å²) in [5.41, 5.74) is 2.10. The van der Waals surface area contributed by atoms with Crippen LogP contribution in [-0.4, -0.2) is 33.5 Å². The normalized spacial score (nSPS) is 15.7. The van der Waals surface area contributed by atoms with Gasteiger partial charge in [-0.05, 0) is 54.1 Å². The van der Waals surface area contributed by atoms with Crippen LogP contribution in [0.25, 0.3) is 10.9 Å². The number of amides is 1. The first-order valence-electron chi connectivity index (χ1n) is 10.2. The maximum absolute atomic E-state index is 13.3. The van der Waals surface area contributed by atoms with Gasteiger partial charge in [0, 0.05) is 11.8 Å². The maximum atomic E-state index is 13.3. The molecule has 1 unspecified atom stereocenters. The molecule has 8 heteroatoms. The fourth-order valence-electron chi connectivity index (χ4n) is 3.89. The molecule has 1 aliphatic heterocycles. The number of carbonyl (C=O) groups is 1. The van der Waals surface area contributed by atoms with E-state index in [1.165, 1.54) is 15.9 Å². The molecule has 0 saturated heterocycles. The summed E-state index contributed by atoms with van der Waals surface area (Å²) in [7, 11) is 1.62. The molecule has 0 bridgehead atoms. The van der Waals surface area contributed by atoms with E-state index in [1.54, 1.807) is 37.6 Å². The van der Waals surface area contributed by atoms with Crippen molar-refractivity contribution in [2.75, 3.05) is 7.11 Å². The lowest BCUT2D eigenvalue weighted by Crippen LogP contribution is -2.31. The van der Waals surface area contributed by atoms with Crippen molar-refractivity contribution in [1.82, 2.24) is 14.8 Å². The number of fused-ring (bicyclic) bond motifs is 1. The second kappa shape index (κ2) is 8.14. The highest BCUT2D eigenvalue weighted by Crippen LogP contribution is 2.33. The van der Waals surface area contributed by atoms with Gasteiger partial charge in [-0.25, -0.2) is 5.01 Å². The number of ether oxygens (including phenoxy) is 1. The van der Waals surface area contributed by atoms with E-state index in [0.29, 0.717) is 23.1 Å². The second-order valence-electron chi connectivity index (χ2n) is 7.43. The van der Waals surface area contributed by atoms with Crippen molar-refractivity contribution in [3.8, 4) is 5.75 Å². The molecule has 0 aliphatic carbocycles. The molecule has 1 atom stereocenters. The second-order valence-corrected chi connectivity index (χ2v) is 7.43. The van der Waals surface area contributed by atoms with E-state index < -0.39 is 0 Å². The van der Waals surface area contributed by atoms with Gasteiger partial charge >= 0.3 is 0 Å². The van der Waals surface area contributed by atoms with Gasteiger partial charge in [0.2, 0.25) is 5.43 Å². The minimum Gasteiger partial charge on any atom is -0.497 e. The fraction of sp³-hybridized carbons (Fsp3) is 0.167. The van der Waals surface area contributed by atoms with Gasteiger partial charge in [0.15, 0.2) is 0 Å². The lowest BCUT2D eigenvalue weighted by atomic mass is 10.0. The molecule has 8 nitrogen and oxygen atoms in total. The number of hydrogen-bond donors (Lipinski definition) is 0. The molecule has 1 amide bonds. The maximum Gasteiger partial charge on any atom is 0.265 e. The predicted molar refractivity (Wildman–Crippen MR) is 118 cm³/mol. The molecule has 0 radical (unpaired) electrons. The lowest BCUT2D eigenvalue weighted by molar-refractivity contribution is -0.134. The summed E-state index contributed by atoms with van der Waals surface area (Å²) in [6, 6.07) is 17.9. The highest BCUT2D eigenvalue weighted by Gasteiger charge is 2.35. The fourth-order valence-corrected chi connectivity index (χ4v) is 3.89. The minimum atomic E-state index is -0.361. The van der Waals surface area contributed by atoms with Gasteiger partial charge < -0.3 is 9.15 Å². The third kappa shape index (κ3) is 3.56. The quantitative estimate of drug-likeness (QED) is 0.486. The van der Waals surface area contributed by atoms with Crippen LogP contribution in [-0.2, 0) is 11.3 Å². The molecule has 4 aromatic rings. The Morgan fingerprint density at radius 3 is 2.69 bits per heavy atom. The van der Waals surface area contributed by atoms with Crippen LogP contribution in [0.4, 0.5) is 0 Å². The number of nitrogens with zero attached hydrogens (tertiary/aromatic N) is 4. The number of methoxy groups -OCH3 is 1. The summed E-state index contributed by atoms with van der Waals surface area (Å²) in [4.78, 5) is 25.5. The molecule has 0 N–H and O–H groups in total. The van der Waals surface area contributed by atoms with Crippen LogP contribution in [0.3, 0.4) is 0 Å². The average Bonchev–Trinajstić information content (AvgIpc) is 3.51. The zero-order valence-electron chi connectivity index (χ0n) is 17.3. The van der Waals surface area contributed by atoms with E-state index in [0.717, 1.165) is 17.0 Å². The summed E-state index contributed by atoms with van der Waals surface area (Å²) >= 11 is 0. The van der Waals surface area contributed by atoms with Crippen LogP contribution in [0.15, 0.2) is 87.4 Å². The Labute approximate surface area is 183 Å². The van der Waals surface area contributed by atoms with Crippen LogP contribution < -0.4 is 10.2 Å². The predicted octanol–water partition coefficient (Wildman–Crippen LogP) is 3.38. The molecule has 5 rings (SSSR count). The first-order chi connectivity index (χ1) is 15.6. The van der Waals surface area contributed by atoms with E-state index in [4.69, 9.17) is 9.15 Å². The summed E-state index contributed by atoms with van der Waals surface area (Å²) in [6.07, 6.45) is 3.33. The Morgan fingerprint density at radius 1 is 1.12 bits per heavy atom. The van der Waals surface area contributed by atoms with Crippen LogP contribution in [0.5, 0.6) is 5.75 Å². The van der Waals surface area contributed by atoms with Crippen molar-refractivity contribution in [2.24, 2.45) is 5.10 Å². The van der Waals surface area contributed by atoms with Crippen LogP contribution in [0.2, 0.25) is 0 Å². The van der Waals surface area contributed by atoms with Gasteiger partial charge in [0.25, 0.3) is 5.91 Å².